The van der Waals surface area contributed by atoms with Gasteiger partial charge in [0.25, 0.3) is 5.91 Å². The first-order valence-corrected chi connectivity index (χ1v) is 10.9. The molecule has 0 radical (unpaired) electrons. The van der Waals surface area contributed by atoms with Crippen LogP contribution >= 0.6 is 0 Å². The smallest absolute Gasteiger partial charge is 0.291 e. The lowest BCUT2D eigenvalue weighted by Crippen LogP contribution is -2.52. The fourth-order valence-electron chi connectivity index (χ4n) is 3.38. The zero-order valence-corrected chi connectivity index (χ0v) is 18.8. The topological polar surface area (TPSA) is 111 Å². The average Bonchev–Trinajstić information content (AvgIpc) is 3.32. The molecule has 2 heterocycles. The van der Waals surface area contributed by atoms with Gasteiger partial charge in [0, 0.05) is 38.4 Å². The van der Waals surface area contributed by atoms with Gasteiger partial charge in [0.15, 0.2) is 11.7 Å². The first-order valence-electron chi connectivity index (χ1n) is 10.9. The highest BCUT2D eigenvalue weighted by Gasteiger charge is 2.25. The number of aliphatic hydroxyl groups is 1. The van der Waals surface area contributed by atoms with E-state index < -0.39 is 5.60 Å². The zero-order valence-electron chi connectivity index (χ0n) is 18.8. The van der Waals surface area contributed by atoms with Crippen molar-refractivity contribution in [2.45, 2.75) is 26.0 Å². The molecular formula is C23H33N5O4. The lowest BCUT2D eigenvalue weighted by Gasteiger charge is -2.34. The average molecular weight is 444 g/mol. The predicted octanol–water partition coefficient (Wildman–Crippen LogP) is 1.67. The van der Waals surface area contributed by atoms with Gasteiger partial charge in [-0.15, -0.1) is 0 Å². The lowest BCUT2D eigenvalue weighted by molar-refractivity contribution is -0.0201. The molecule has 174 valence electrons. The van der Waals surface area contributed by atoms with Crippen LogP contribution in [0.5, 0.6) is 0 Å². The van der Waals surface area contributed by atoms with E-state index in [0.29, 0.717) is 44.5 Å². The lowest BCUT2D eigenvalue weighted by atomic mass is 10.1. The van der Waals surface area contributed by atoms with Crippen molar-refractivity contribution in [2.24, 2.45) is 4.99 Å². The molecule has 1 amide bonds. The third kappa shape index (κ3) is 7.67. The Morgan fingerprint density at radius 3 is 2.59 bits per heavy atom. The maximum Gasteiger partial charge on any atom is 0.291 e. The van der Waals surface area contributed by atoms with E-state index in [9.17, 15) is 9.90 Å². The van der Waals surface area contributed by atoms with E-state index in [1.165, 1.54) is 6.26 Å². The molecule has 1 aliphatic rings. The summed E-state index contributed by atoms with van der Waals surface area (Å²) in [6, 6.07) is 10.8. The summed E-state index contributed by atoms with van der Waals surface area (Å²) in [5.41, 5.74) is 0.795. The van der Waals surface area contributed by atoms with Crippen LogP contribution in [0.1, 0.15) is 30.0 Å². The quantitative estimate of drug-likeness (QED) is 0.345. The minimum absolute atomic E-state index is 0.268. The molecule has 32 heavy (non-hydrogen) atoms. The fourth-order valence-corrected chi connectivity index (χ4v) is 3.38. The van der Waals surface area contributed by atoms with E-state index >= 15 is 0 Å². The molecule has 1 unspecified atom stereocenters. The Labute approximate surface area is 188 Å². The second-order valence-corrected chi connectivity index (χ2v) is 8.06. The van der Waals surface area contributed by atoms with Crippen molar-refractivity contribution in [3.63, 3.8) is 0 Å². The second kappa shape index (κ2) is 11.7. The summed E-state index contributed by atoms with van der Waals surface area (Å²) in [6.07, 6.45) is 1.47. The largest absolute Gasteiger partial charge is 0.459 e. The molecule has 1 aromatic heterocycles. The number of amides is 1. The Hall–Kier alpha value is -2.88. The van der Waals surface area contributed by atoms with Gasteiger partial charge < -0.3 is 30.2 Å². The van der Waals surface area contributed by atoms with E-state index in [1.54, 1.807) is 12.1 Å². The van der Waals surface area contributed by atoms with Gasteiger partial charge in [-0.2, -0.15) is 0 Å². The number of morpholine rings is 1. The molecule has 9 heteroatoms. The molecule has 1 aromatic carbocycles. The number of aliphatic imine (C=N–C) groups is 1. The molecule has 1 saturated heterocycles. The van der Waals surface area contributed by atoms with E-state index in [0.717, 1.165) is 25.2 Å². The standard InChI is InChI=1S/C23H33N5O4/c1-3-24-22(26-16-23(2,30)17-28-10-13-31-14-11-28)25-15-18-6-8-19(9-7-18)27-21(29)20-5-4-12-32-20/h4-9,12,30H,3,10-11,13-17H2,1-2H3,(H,27,29)(H2,24,25,26). The van der Waals surface area contributed by atoms with Crippen LogP contribution < -0.4 is 16.0 Å². The van der Waals surface area contributed by atoms with Gasteiger partial charge in [0.05, 0.1) is 31.6 Å². The summed E-state index contributed by atoms with van der Waals surface area (Å²) in [5.74, 6) is 0.623. The van der Waals surface area contributed by atoms with E-state index in [4.69, 9.17) is 9.15 Å². The van der Waals surface area contributed by atoms with Crippen LogP contribution in [0.15, 0.2) is 52.1 Å². The molecule has 2 aromatic rings. The molecule has 1 fully saturated rings. The maximum atomic E-state index is 12.1. The molecule has 1 atom stereocenters. The number of furan rings is 1. The van der Waals surface area contributed by atoms with Crippen LogP contribution in [0.25, 0.3) is 0 Å². The summed E-state index contributed by atoms with van der Waals surface area (Å²) in [6.45, 7) is 9.06. The Bertz CT molecular complexity index is 859. The van der Waals surface area contributed by atoms with E-state index in [1.807, 2.05) is 38.1 Å². The van der Waals surface area contributed by atoms with Crippen molar-refractivity contribution in [3.05, 3.63) is 54.0 Å². The SMILES string of the molecule is CCNC(=NCc1ccc(NC(=O)c2ccco2)cc1)NCC(C)(O)CN1CCOCC1. The maximum absolute atomic E-state index is 12.1. The van der Waals surface area contributed by atoms with Gasteiger partial charge in [0.1, 0.15) is 0 Å². The summed E-state index contributed by atoms with van der Waals surface area (Å²) >= 11 is 0. The molecule has 9 nitrogen and oxygen atoms in total. The van der Waals surface area contributed by atoms with Crippen molar-refractivity contribution in [3.8, 4) is 0 Å². The summed E-state index contributed by atoms with van der Waals surface area (Å²) in [7, 11) is 0. The first-order chi connectivity index (χ1) is 15.4. The molecule has 0 bridgehead atoms. The number of benzene rings is 1. The minimum Gasteiger partial charge on any atom is -0.459 e. The number of nitrogens with zero attached hydrogens (tertiary/aromatic N) is 2. The van der Waals surface area contributed by atoms with Gasteiger partial charge in [-0.1, -0.05) is 12.1 Å². The van der Waals surface area contributed by atoms with E-state index in [-0.39, 0.29) is 11.7 Å². The summed E-state index contributed by atoms with van der Waals surface area (Å²) in [5, 5.41) is 20.0. The highest BCUT2D eigenvalue weighted by molar-refractivity contribution is 6.02. The molecule has 0 saturated carbocycles. The van der Waals surface area contributed by atoms with Crippen molar-refractivity contribution < 1.29 is 19.1 Å². The summed E-state index contributed by atoms with van der Waals surface area (Å²) in [4.78, 5) is 18.9. The van der Waals surface area contributed by atoms with Gasteiger partial charge >= 0.3 is 0 Å². The zero-order chi connectivity index (χ0) is 22.8. The number of hydrogen-bond donors (Lipinski definition) is 4. The van der Waals surface area contributed by atoms with Crippen LogP contribution in [0.3, 0.4) is 0 Å². The van der Waals surface area contributed by atoms with Crippen LogP contribution in [-0.2, 0) is 11.3 Å². The fraction of sp³-hybridized carbons (Fsp3) is 0.478. The Balaban J connectivity index is 1.50. The Morgan fingerprint density at radius 2 is 1.94 bits per heavy atom. The number of nitrogens with one attached hydrogen (secondary N) is 3. The van der Waals surface area contributed by atoms with Crippen molar-refractivity contribution >= 4 is 17.6 Å². The molecule has 4 N–H and O–H groups in total. The monoisotopic (exact) mass is 443 g/mol. The van der Waals surface area contributed by atoms with E-state index in [2.05, 4.69) is 25.8 Å². The van der Waals surface area contributed by atoms with Crippen molar-refractivity contribution in [1.29, 1.82) is 0 Å². The molecule has 1 aliphatic heterocycles. The molecule has 3 rings (SSSR count). The number of guanidine groups is 1. The molecule has 0 spiro atoms. The number of carbonyl (C=O) groups excluding carboxylic acids is 1. The predicted molar refractivity (Wildman–Crippen MR) is 124 cm³/mol. The number of ether oxygens (including phenoxy) is 1. The number of hydrogen-bond acceptors (Lipinski definition) is 6. The molecular weight excluding hydrogens is 410 g/mol. The number of anilines is 1. The second-order valence-electron chi connectivity index (χ2n) is 8.06. The summed E-state index contributed by atoms with van der Waals surface area (Å²) < 4.78 is 10.5. The normalized spacial score (nSPS) is 16.9. The number of carbonyl (C=O) groups is 1. The van der Waals surface area contributed by atoms with Gasteiger partial charge in [-0.25, -0.2) is 4.99 Å². The van der Waals surface area contributed by atoms with Crippen LogP contribution in [-0.4, -0.2) is 73.4 Å². The van der Waals surface area contributed by atoms with Crippen LogP contribution in [0.4, 0.5) is 5.69 Å². The van der Waals surface area contributed by atoms with Gasteiger partial charge in [-0.05, 0) is 43.7 Å². The first kappa shape index (κ1) is 23.8. The third-order valence-electron chi connectivity index (χ3n) is 5.03. The van der Waals surface area contributed by atoms with Gasteiger partial charge in [0.2, 0.25) is 0 Å². The van der Waals surface area contributed by atoms with Crippen molar-refractivity contribution in [2.75, 3.05) is 51.3 Å². The minimum atomic E-state index is -0.888. The Morgan fingerprint density at radius 1 is 1.19 bits per heavy atom. The van der Waals surface area contributed by atoms with Crippen LogP contribution in [0, 0.1) is 0 Å². The van der Waals surface area contributed by atoms with Crippen molar-refractivity contribution in [1.82, 2.24) is 15.5 Å². The van der Waals surface area contributed by atoms with Gasteiger partial charge in [-0.3, -0.25) is 9.69 Å². The highest BCUT2D eigenvalue weighted by Crippen LogP contribution is 2.13. The highest BCUT2D eigenvalue weighted by atomic mass is 16.5. The number of β-amino-alcohol motifs (C(OH)–C–C–N with tert-alkyl or cyclic N) is 1. The Kier molecular flexibility index (Phi) is 8.66. The third-order valence-corrected chi connectivity index (χ3v) is 5.03. The number of rotatable bonds is 9. The molecule has 0 aliphatic carbocycles. The van der Waals surface area contributed by atoms with Crippen LogP contribution in [0.2, 0.25) is 0 Å².